The number of para-hydroxylation sites is 2. The molecule has 1 atom stereocenters. The van der Waals surface area contributed by atoms with E-state index in [-0.39, 0.29) is 4.90 Å². The maximum atomic E-state index is 13.5. The maximum absolute atomic E-state index is 13.5. The predicted molar refractivity (Wildman–Crippen MR) is 118 cm³/mol. The van der Waals surface area contributed by atoms with Crippen molar-refractivity contribution >= 4 is 38.1 Å². The van der Waals surface area contributed by atoms with Crippen molar-refractivity contribution in [2.75, 3.05) is 0 Å². The highest BCUT2D eigenvalue weighted by atomic mass is 32.2. The fourth-order valence-electron chi connectivity index (χ4n) is 3.47. The second kappa shape index (κ2) is 7.30. The van der Waals surface area contributed by atoms with Gasteiger partial charge in [-0.15, -0.1) is 11.3 Å². The fraction of sp³-hybridized carbons (Fsp3) is 0.136. The van der Waals surface area contributed by atoms with Gasteiger partial charge in [0.1, 0.15) is 6.04 Å². The molecule has 150 valence electrons. The fourth-order valence-corrected chi connectivity index (χ4v) is 5.61. The summed E-state index contributed by atoms with van der Waals surface area (Å²) >= 11 is 1.54. The Labute approximate surface area is 178 Å². The van der Waals surface area contributed by atoms with Crippen molar-refractivity contribution in [2.45, 2.75) is 24.3 Å². The Kier molecular flexibility index (Phi) is 4.60. The minimum absolute atomic E-state index is 0.211. The molecule has 5 rings (SSSR count). The number of aryl methyl sites for hydroxylation is 1. The summed E-state index contributed by atoms with van der Waals surface area (Å²) in [5.74, 6) is 0. The first-order chi connectivity index (χ1) is 14.5. The predicted octanol–water partition coefficient (Wildman–Crippen LogP) is 4.54. The van der Waals surface area contributed by atoms with Gasteiger partial charge in [0.15, 0.2) is 0 Å². The van der Waals surface area contributed by atoms with Crippen LogP contribution in [0.5, 0.6) is 0 Å². The Hall–Kier alpha value is -3.10. The zero-order valence-electron chi connectivity index (χ0n) is 16.1. The van der Waals surface area contributed by atoms with Crippen LogP contribution in [0.25, 0.3) is 11.0 Å². The van der Waals surface area contributed by atoms with Crippen molar-refractivity contribution in [3.63, 3.8) is 0 Å². The van der Waals surface area contributed by atoms with Gasteiger partial charge in [0, 0.05) is 6.42 Å². The third-order valence-electron chi connectivity index (χ3n) is 5.05. The van der Waals surface area contributed by atoms with Gasteiger partial charge >= 0.3 is 0 Å². The van der Waals surface area contributed by atoms with E-state index in [2.05, 4.69) is 10.1 Å². The van der Waals surface area contributed by atoms with Crippen LogP contribution >= 0.6 is 11.3 Å². The highest BCUT2D eigenvalue weighted by molar-refractivity contribution is 7.89. The molecule has 30 heavy (non-hydrogen) atoms. The molecule has 0 saturated carbocycles. The van der Waals surface area contributed by atoms with E-state index in [1.165, 1.54) is 4.41 Å². The number of hydrazone groups is 1. The van der Waals surface area contributed by atoms with E-state index >= 15 is 0 Å². The Morgan fingerprint density at radius 1 is 1.00 bits per heavy atom. The summed E-state index contributed by atoms with van der Waals surface area (Å²) in [5, 5.41) is 6.50. The molecule has 0 bridgehead atoms. The van der Waals surface area contributed by atoms with Crippen molar-refractivity contribution in [2.24, 2.45) is 5.10 Å². The van der Waals surface area contributed by atoms with Crippen molar-refractivity contribution in [1.29, 1.82) is 0 Å². The lowest BCUT2D eigenvalue weighted by molar-refractivity contribution is 0.365. The molecular weight excluding hydrogens is 416 g/mol. The molecule has 0 aliphatic carbocycles. The summed E-state index contributed by atoms with van der Waals surface area (Å²) in [6, 6.07) is 17.7. The zero-order chi connectivity index (χ0) is 20.7. The molecule has 0 unspecified atom stereocenters. The molecule has 0 fully saturated rings. The van der Waals surface area contributed by atoms with E-state index in [9.17, 15) is 8.42 Å². The highest BCUT2D eigenvalue weighted by Gasteiger charge is 2.39. The van der Waals surface area contributed by atoms with Crippen molar-refractivity contribution < 1.29 is 8.42 Å². The molecule has 0 N–H and O–H groups in total. The minimum Gasteiger partial charge on any atom is -0.253 e. The molecule has 0 saturated heterocycles. The molecule has 6 nitrogen and oxygen atoms in total. The summed E-state index contributed by atoms with van der Waals surface area (Å²) in [6.07, 6.45) is 2.09. The smallest absolute Gasteiger partial charge is 0.253 e. The first-order valence-electron chi connectivity index (χ1n) is 9.46. The Balaban J connectivity index is 1.62. The highest BCUT2D eigenvalue weighted by Crippen LogP contribution is 2.37. The van der Waals surface area contributed by atoms with Crippen molar-refractivity contribution in [3.05, 3.63) is 88.4 Å². The number of aromatic nitrogens is 2. The Bertz CT molecular complexity index is 1350. The van der Waals surface area contributed by atoms with E-state index in [1.807, 2.05) is 48.7 Å². The molecule has 1 aliphatic rings. The quantitative estimate of drug-likeness (QED) is 0.473. The number of thiophene rings is 1. The number of benzene rings is 2. The van der Waals surface area contributed by atoms with E-state index in [0.29, 0.717) is 12.1 Å². The van der Waals surface area contributed by atoms with Crippen LogP contribution in [0.3, 0.4) is 0 Å². The lowest BCUT2D eigenvalue weighted by Crippen LogP contribution is -2.28. The normalized spacial score (nSPS) is 16.8. The van der Waals surface area contributed by atoms with Gasteiger partial charge in [0.25, 0.3) is 10.0 Å². The van der Waals surface area contributed by atoms with Gasteiger partial charge in [0.2, 0.25) is 0 Å². The molecule has 4 aromatic rings. The zero-order valence-corrected chi connectivity index (χ0v) is 17.8. The van der Waals surface area contributed by atoms with Crippen LogP contribution in [-0.4, -0.2) is 28.5 Å². The van der Waals surface area contributed by atoms with Gasteiger partial charge in [-0.3, -0.25) is 4.98 Å². The van der Waals surface area contributed by atoms with Gasteiger partial charge in [-0.2, -0.15) is 17.9 Å². The summed E-state index contributed by atoms with van der Waals surface area (Å²) < 4.78 is 28.2. The van der Waals surface area contributed by atoms with Crippen molar-refractivity contribution in [1.82, 2.24) is 14.4 Å². The van der Waals surface area contributed by atoms with Crippen LogP contribution in [-0.2, 0) is 10.0 Å². The topological polar surface area (TPSA) is 75.5 Å². The van der Waals surface area contributed by atoms with E-state index < -0.39 is 16.1 Å². The third kappa shape index (κ3) is 3.28. The van der Waals surface area contributed by atoms with Crippen LogP contribution in [0, 0.1) is 6.92 Å². The molecule has 2 aromatic carbocycles. The largest absolute Gasteiger partial charge is 0.279 e. The van der Waals surface area contributed by atoms with Gasteiger partial charge in [0.05, 0.1) is 38.4 Å². The van der Waals surface area contributed by atoms with Gasteiger partial charge in [-0.05, 0) is 42.6 Å². The first kappa shape index (κ1) is 18.9. The monoisotopic (exact) mass is 434 g/mol. The average Bonchev–Trinajstić information content (AvgIpc) is 3.44. The molecule has 8 heteroatoms. The third-order valence-corrected chi connectivity index (χ3v) is 7.67. The van der Waals surface area contributed by atoms with Gasteiger partial charge in [-0.1, -0.05) is 35.9 Å². The number of hydrogen-bond acceptors (Lipinski definition) is 6. The first-order valence-corrected chi connectivity index (χ1v) is 11.8. The Morgan fingerprint density at radius 2 is 1.77 bits per heavy atom. The summed E-state index contributed by atoms with van der Waals surface area (Å²) in [7, 11) is -3.85. The molecule has 3 heterocycles. The minimum atomic E-state index is -3.85. The summed E-state index contributed by atoms with van der Waals surface area (Å²) in [5.41, 5.74) is 3.81. The second-order valence-corrected chi connectivity index (χ2v) is 9.86. The van der Waals surface area contributed by atoms with E-state index in [0.717, 1.165) is 27.2 Å². The summed E-state index contributed by atoms with van der Waals surface area (Å²) in [6.45, 7) is 1.92. The Morgan fingerprint density at radius 3 is 2.50 bits per heavy atom. The van der Waals surface area contributed by atoms with Crippen LogP contribution < -0.4 is 0 Å². The molecule has 1 aliphatic heterocycles. The molecule has 2 aromatic heterocycles. The van der Waals surface area contributed by atoms with Crippen LogP contribution in [0.1, 0.15) is 28.6 Å². The number of fused-ring (bicyclic) bond motifs is 1. The number of rotatable bonds is 4. The van der Waals surface area contributed by atoms with Crippen LogP contribution in [0.2, 0.25) is 0 Å². The lowest BCUT2D eigenvalue weighted by atomic mass is 10.1. The maximum Gasteiger partial charge on any atom is 0.279 e. The summed E-state index contributed by atoms with van der Waals surface area (Å²) in [4.78, 5) is 10.4. The molecule has 0 radical (unpaired) electrons. The molecular formula is C22H18N4O2S2. The number of hydrogen-bond donors (Lipinski definition) is 0. The van der Waals surface area contributed by atoms with E-state index in [4.69, 9.17) is 4.98 Å². The van der Waals surface area contributed by atoms with Gasteiger partial charge in [-0.25, -0.2) is 4.98 Å². The van der Waals surface area contributed by atoms with Gasteiger partial charge < -0.3 is 0 Å². The SMILES string of the molecule is Cc1ccc(S(=O)(=O)N2N=C(c3cccs3)C[C@@H]2c2cnc3ccccc3n2)cc1. The van der Waals surface area contributed by atoms with Crippen molar-refractivity contribution in [3.8, 4) is 0 Å². The average molecular weight is 435 g/mol. The lowest BCUT2D eigenvalue weighted by Gasteiger charge is -2.22. The van der Waals surface area contributed by atoms with Crippen LogP contribution in [0.4, 0.5) is 0 Å². The standard InChI is InChI=1S/C22H18N4O2S2/c1-15-8-10-16(11-9-15)30(27,28)26-21(13-19(25-26)22-7-4-12-29-22)20-14-23-17-5-2-3-6-18(17)24-20/h2-12,14,21H,13H2,1H3/t21-/m1/s1. The second-order valence-electron chi connectivity index (χ2n) is 7.12. The number of sulfonamides is 1. The van der Waals surface area contributed by atoms with E-state index in [1.54, 1.807) is 41.8 Å². The molecule has 0 amide bonds. The van der Waals surface area contributed by atoms with Crippen LogP contribution in [0.15, 0.2) is 82.2 Å². The number of nitrogens with zero attached hydrogens (tertiary/aromatic N) is 4. The molecule has 0 spiro atoms.